The largest absolute Gasteiger partial charge is 0.497 e. The Morgan fingerprint density at radius 1 is 0.767 bits per heavy atom. The first kappa shape index (κ1) is 26.6. The van der Waals surface area contributed by atoms with Crippen molar-refractivity contribution in [2.75, 3.05) is 23.4 Å². The predicted molar refractivity (Wildman–Crippen MR) is 171 cm³/mol. The average Bonchev–Trinajstić information content (AvgIpc) is 2.99. The number of carbonyl (C=O) groups is 1. The summed E-state index contributed by atoms with van der Waals surface area (Å²) in [6.45, 7) is 1.95. The van der Waals surface area contributed by atoms with Gasteiger partial charge in [0, 0.05) is 27.8 Å². The summed E-state index contributed by atoms with van der Waals surface area (Å²) < 4.78 is 32.9. The molecule has 1 aliphatic rings. The van der Waals surface area contributed by atoms with E-state index in [2.05, 4.69) is 10.0 Å². The Bertz CT molecular complexity index is 2230. The standard InChI is InChI=1S/C34H26N4O4S/c1-19-15-28(35-22-9-5-4-6-10-22)29-30-31(19)36-34(37-32(30)24-11-7-8-12-25(24)33(29)39)26-17-20-13-14-23(42-2)16-21(20)18-27(26)38-43(3,40)41/h4-18,35,38H,1-3H3. The number of aromatic nitrogens is 2. The van der Waals surface area contributed by atoms with Gasteiger partial charge in [0.25, 0.3) is 0 Å². The average molecular weight is 587 g/mol. The third-order valence-corrected chi connectivity index (χ3v) is 8.18. The van der Waals surface area contributed by atoms with Crippen LogP contribution in [0.25, 0.3) is 44.3 Å². The quantitative estimate of drug-likeness (QED) is 0.214. The summed E-state index contributed by atoms with van der Waals surface area (Å²) in [4.78, 5) is 24.0. The zero-order valence-corrected chi connectivity index (χ0v) is 24.4. The lowest BCUT2D eigenvalue weighted by Gasteiger charge is -2.24. The van der Waals surface area contributed by atoms with Crippen LogP contribution in [-0.2, 0) is 10.0 Å². The Kier molecular flexibility index (Phi) is 6.14. The predicted octanol–water partition coefficient (Wildman–Crippen LogP) is 7.09. The summed E-state index contributed by atoms with van der Waals surface area (Å²) in [5.41, 5.74) is 6.22. The number of fused-ring (bicyclic) bond motifs is 3. The van der Waals surface area contributed by atoms with E-state index in [1.54, 1.807) is 19.2 Å². The number of hydrogen-bond donors (Lipinski definition) is 2. The molecule has 0 radical (unpaired) electrons. The van der Waals surface area contributed by atoms with Crippen LogP contribution >= 0.6 is 0 Å². The van der Waals surface area contributed by atoms with Crippen molar-refractivity contribution in [3.8, 4) is 28.4 Å². The monoisotopic (exact) mass is 586 g/mol. The van der Waals surface area contributed by atoms with E-state index < -0.39 is 10.0 Å². The Morgan fingerprint density at radius 2 is 1.51 bits per heavy atom. The van der Waals surface area contributed by atoms with E-state index in [1.165, 1.54) is 0 Å². The maximum absolute atomic E-state index is 14.0. The van der Waals surface area contributed by atoms with Gasteiger partial charge in [0.05, 0.1) is 41.5 Å². The molecule has 0 amide bonds. The number of aryl methyl sites for hydroxylation is 1. The highest BCUT2D eigenvalue weighted by molar-refractivity contribution is 7.92. The van der Waals surface area contributed by atoms with Gasteiger partial charge in [-0.15, -0.1) is 0 Å². The van der Waals surface area contributed by atoms with Crippen LogP contribution in [0.4, 0.5) is 17.1 Å². The van der Waals surface area contributed by atoms with Gasteiger partial charge in [0.15, 0.2) is 11.6 Å². The topological polar surface area (TPSA) is 110 Å². The highest BCUT2D eigenvalue weighted by Gasteiger charge is 2.31. The van der Waals surface area contributed by atoms with Crippen LogP contribution in [0, 0.1) is 6.92 Å². The maximum Gasteiger partial charge on any atom is 0.229 e. The van der Waals surface area contributed by atoms with Crippen molar-refractivity contribution >= 4 is 54.5 Å². The number of hydrogen-bond acceptors (Lipinski definition) is 7. The van der Waals surface area contributed by atoms with E-state index in [1.807, 2.05) is 85.8 Å². The van der Waals surface area contributed by atoms with Crippen molar-refractivity contribution in [2.24, 2.45) is 0 Å². The minimum atomic E-state index is -3.63. The van der Waals surface area contributed by atoms with Gasteiger partial charge in [0.1, 0.15) is 5.75 Å². The minimum absolute atomic E-state index is 0.109. The maximum atomic E-state index is 14.0. The first-order valence-corrected chi connectivity index (χ1v) is 15.5. The van der Waals surface area contributed by atoms with Gasteiger partial charge in [-0.25, -0.2) is 18.4 Å². The summed E-state index contributed by atoms with van der Waals surface area (Å²) in [6.07, 6.45) is 1.11. The lowest BCUT2D eigenvalue weighted by molar-refractivity contribution is 0.104. The van der Waals surface area contributed by atoms with Crippen LogP contribution in [-0.4, -0.2) is 37.5 Å². The number of benzene rings is 5. The number of rotatable bonds is 6. The third kappa shape index (κ3) is 4.64. The normalized spacial score (nSPS) is 12.3. The Labute approximate surface area is 248 Å². The SMILES string of the molecule is COc1ccc2cc(-c3nc4c5c(c(Nc6ccccc6)cc(C)c5n3)C(=O)c3ccccc3-4)c(NS(C)(=O)=O)cc2c1. The van der Waals surface area contributed by atoms with Gasteiger partial charge in [-0.2, -0.15) is 0 Å². The number of ether oxygens (including phenoxy) is 1. The summed E-state index contributed by atoms with van der Waals surface area (Å²) in [7, 11) is -2.05. The van der Waals surface area contributed by atoms with Crippen molar-refractivity contribution in [2.45, 2.75) is 6.92 Å². The fourth-order valence-electron chi connectivity index (χ4n) is 5.70. The highest BCUT2D eigenvalue weighted by atomic mass is 32.2. The lowest BCUT2D eigenvalue weighted by Crippen LogP contribution is -2.15. The molecule has 0 spiro atoms. The van der Waals surface area contributed by atoms with Crippen LogP contribution in [0.5, 0.6) is 5.75 Å². The molecule has 1 heterocycles. The lowest BCUT2D eigenvalue weighted by atomic mass is 9.84. The summed E-state index contributed by atoms with van der Waals surface area (Å²) >= 11 is 0. The molecule has 0 saturated heterocycles. The molecule has 8 nitrogen and oxygen atoms in total. The fraction of sp³-hybridized carbons (Fsp3) is 0.0882. The smallest absolute Gasteiger partial charge is 0.229 e. The van der Waals surface area contributed by atoms with Crippen molar-refractivity contribution in [3.05, 3.63) is 108 Å². The molecule has 0 saturated carbocycles. The molecule has 9 heteroatoms. The molecule has 0 unspecified atom stereocenters. The molecule has 1 aliphatic carbocycles. The number of sulfonamides is 1. The van der Waals surface area contributed by atoms with Crippen molar-refractivity contribution in [3.63, 3.8) is 0 Å². The van der Waals surface area contributed by atoms with Gasteiger partial charge >= 0.3 is 0 Å². The van der Waals surface area contributed by atoms with E-state index in [0.29, 0.717) is 61.8 Å². The minimum Gasteiger partial charge on any atom is -0.497 e. The number of ketones is 1. The van der Waals surface area contributed by atoms with Gasteiger partial charge in [0.2, 0.25) is 10.0 Å². The Hall–Kier alpha value is -5.28. The zero-order chi connectivity index (χ0) is 29.9. The molecule has 0 bridgehead atoms. The number of methoxy groups -OCH3 is 1. The van der Waals surface area contributed by atoms with Gasteiger partial charge in [-0.1, -0.05) is 48.5 Å². The molecule has 43 heavy (non-hydrogen) atoms. The van der Waals surface area contributed by atoms with E-state index >= 15 is 0 Å². The van der Waals surface area contributed by atoms with Crippen LogP contribution in [0.3, 0.4) is 0 Å². The Morgan fingerprint density at radius 3 is 2.26 bits per heavy atom. The number of anilines is 3. The number of carbonyl (C=O) groups excluding carboxylic acids is 1. The molecular formula is C34H26N4O4S. The van der Waals surface area contributed by atoms with Crippen LogP contribution in [0.2, 0.25) is 0 Å². The van der Waals surface area contributed by atoms with E-state index in [0.717, 1.165) is 28.3 Å². The molecule has 7 rings (SSSR count). The molecule has 0 aliphatic heterocycles. The number of para-hydroxylation sites is 1. The zero-order valence-electron chi connectivity index (χ0n) is 23.6. The first-order valence-electron chi connectivity index (χ1n) is 13.6. The van der Waals surface area contributed by atoms with E-state index in [-0.39, 0.29) is 5.78 Å². The van der Waals surface area contributed by atoms with E-state index in [9.17, 15) is 13.2 Å². The second-order valence-electron chi connectivity index (χ2n) is 10.6. The van der Waals surface area contributed by atoms with E-state index in [4.69, 9.17) is 14.7 Å². The van der Waals surface area contributed by atoms with Crippen LogP contribution in [0.1, 0.15) is 21.5 Å². The van der Waals surface area contributed by atoms with Crippen LogP contribution < -0.4 is 14.8 Å². The summed E-state index contributed by atoms with van der Waals surface area (Å²) in [5, 5.41) is 5.74. The molecule has 5 aromatic carbocycles. The first-order chi connectivity index (χ1) is 20.7. The molecule has 6 aromatic rings. The number of nitrogens with zero attached hydrogens (tertiary/aromatic N) is 2. The second kappa shape index (κ2) is 9.92. The highest BCUT2D eigenvalue weighted by Crippen LogP contribution is 2.44. The Balaban J connectivity index is 1.53. The molecule has 212 valence electrons. The third-order valence-electron chi connectivity index (χ3n) is 7.59. The molecule has 0 fully saturated rings. The molecular weight excluding hydrogens is 560 g/mol. The molecule has 1 aromatic heterocycles. The molecule has 2 N–H and O–H groups in total. The number of nitrogens with one attached hydrogen (secondary N) is 2. The van der Waals surface area contributed by atoms with Crippen LogP contribution in [0.15, 0.2) is 91.0 Å². The molecule has 0 atom stereocenters. The van der Waals surface area contributed by atoms with Gasteiger partial charge in [-0.05, 0) is 65.7 Å². The van der Waals surface area contributed by atoms with Gasteiger partial charge in [-0.3, -0.25) is 9.52 Å². The van der Waals surface area contributed by atoms with Crippen molar-refractivity contribution < 1.29 is 17.9 Å². The second-order valence-corrected chi connectivity index (χ2v) is 12.3. The van der Waals surface area contributed by atoms with Gasteiger partial charge < -0.3 is 10.1 Å². The van der Waals surface area contributed by atoms with Crippen molar-refractivity contribution in [1.82, 2.24) is 9.97 Å². The fourth-order valence-corrected chi connectivity index (χ4v) is 6.26. The van der Waals surface area contributed by atoms with Crippen molar-refractivity contribution in [1.29, 1.82) is 0 Å². The summed E-state index contributed by atoms with van der Waals surface area (Å²) in [5.74, 6) is 0.886. The summed E-state index contributed by atoms with van der Waals surface area (Å²) in [6, 6.07) is 28.3.